The summed E-state index contributed by atoms with van der Waals surface area (Å²) in [6, 6.07) is 18.6. The Hall–Kier alpha value is -2.98. The van der Waals surface area contributed by atoms with Crippen molar-refractivity contribution in [2.75, 3.05) is 39.3 Å². The Morgan fingerprint density at radius 3 is 1.91 bits per heavy atom. The van der Waals surface area contributed by atoms with Crippen molar-refractivity contribution >= 4 is 0 Å². The van der Waals surface area contributed by atoms with E-state index in [9.17, 15) is 0 Å². The number of allylic oxidation sites excluding steroid dienone is 2. The van der Waals surface area contributed by atoms with Crippen molar-refractivity contribution in [3.05, 3.63) is 97.0 Å². The zero-order valence-corrected chi connectivity index (χ0v) is 30.9. The van der Waals surface area contributed by atoms with Crippen LogP contribution in [0.1, 0.15) is 110 Å². The second-order valence-corrected chi connectivity index (χ2v) is 16.7. The predicted molar refractivity (Wildman–Crippen MR) is 205 cm³/mol. The molecule has 3 aliphatic rings. The maximum Gasteiger partial charge on any atom is 0.0604 e. The Morgan fingerprint density at radius 2 is 1.38 bits per heavy atom. The minimum absolute atomic E-state index is 0.167. The highest BCUT2D eigenvalue weighted by atomic mass is 15.1. The van der Waals surface area contributed by atoms with Gasteiger partial charge in [0.05, 0.1) is 5.41 Å². The third-order valence-corrected chi connectivity index (χ3v) is 10.2. The molecule has 0 atom stereocenters. The first-order chi connectivity index (χ1) is 22.3. The summed E-state index contributed by atoms with van der Waals surface area (Å²) in [5, 5.41) is 7.16. The molecule has 2 heterocycles. The van der Waals surface area contributed by atoms with Crippen molar-refractivity contribution < 1.29 is 0 Å². The highest BCUT2D eigenvalue weighted by Gasteiger charge is 2.45. The number of likely N-dealkylation sites (tertiary alicyclic amines) is 2. The minimum Gasteiger partial charge on any atom is -0.389 e. The Morgan fingerprint density at radius 1 is 0.809 bits per heavy atom. The first kappa shape index (κ1) is 36.8. The highest BCUT2D eigenvalue weighted by Crippen LogP contribution is 2.54. The molecule has 0 bridgehead atoms. The molecule has 0 amide bonds. The van der Waals surface area contributed by atoms with E-state index in [-0.39, 0.29) is 10.8 Å². The molecule has 0 radical (unpaired) electrons. The molecule has 47 heavy (non-hydrogen) atoms. The number of hydrogen-bond donors (Lipinski definition) is 2. The quantitative estimate of drug-likeness (QED) is 0.227. The Bertz CT molecular complexity index is 1270. The summed E-state index contributed by atoms with van der Waals surface area (Å²) in [6.45, 7) is 33.3. The van der Waals surface area contributed by atoms with E-state index in [0.29, 0.717) is 11.5 Å². The Balaban J connectivity index is 0.000000323. The first-order valence-corrected chi connectivity index (χ1v) is 18.5. The van der Waals surface area contributed by atoms with Crippen molar-refractivity contribution in [1.29, 1.82) is 0 Å². The number of piperidine rings is 2. The summed E-state index contributed by atoms with van der Waals surface area (Å²) >= 11 is 0. The Kier molecular flexibility index (Phi) is 12.9. The fraction of sp³-hybridized carbons (Fsp3) is 0.581. The molecule has 2 aromatic carbocycles. The lowest BCUT2D eigenvalue weighted by atomic mass is 9.71. The van der Waals surface area contributed by atoms with Gasteiger partial charge >= 0.3 is 0 Å². The lowest BCUT2D eigenvalue weighted by molar-refractivity contribution is 0.199. The normalized spacial score (nSPS) is 18.0. The monoisotopic (exact) mass is 639 g/mol. The topological polar surface area (TPSA) is 30.5 Å². The summed E-state index contributed by atoms with van der Waals surface area (Å²) in [6.07, 6.45) is 13.0. The van der Waals surface area contributed by atoms with Gasteiger partial charge in [0, 0.05) is 50.2 Å². The zero-order chi connectivity index (χ0) is 34.1. The van der Waals surface area contributed by atoms with Gasteiger partial charge in [0.15, 0.2) is 0 Å². The van der Waals surface area contributed by atoms with E-state index in [1.54, 1.807) is 0 Å². The van der Waals surface area contributed by atoms with Crippen LogP contribution in [0.2, 0.25) is 0 Å². The molecule has 0 unspecified atom stereocenters. The van der Waals surface area contributed by atoms with E-state index in [1.807, 2.05) is 6.20 Å². The molecule has 2 saturated heterocycles. The van der Waals surface area contributed by atoms with Gasteiger partial charge in [-0.2, -0.15) is 0 Å². The van der Waals surface area contributed by atoms with Gasteiger partial charge in [-0.25, -0.2) is 0 Å². The summed E-state index contributed by atoms with van der Waals surface area (Å²) in [7, 11) is 0. The molecule has 2 fully saturated rings. The van der Waals surface area contributed by atoms with Crippen LogP contribution in [0, 0.1) is 10.8 Å². The van der Waals surface area contributed by atoms with Crippen LogP contribution in [0.15, 0.2) is 85.9 Å². The second-order valence-electron chi connectivity index (χ2n) is 16.7. The predicted octanol–water partition coefficient (Wildman–Crippen LogP) is 9.89. The Labute approximate surface area is 288 Å². The standard InChI is InChI=1S/C31H43N3.C12H23N/c1-6-32-25-17-21-34(22-18-25)20-12-11-19-31(24(2)33-23-30(3,4)5)28-15-9-7-13-26(28)27-14-8-10-16-29(27)31;1-11(10-12(2,3)4)13-8-6-5-7-9-13/h6-10,13-16,25,32-33H,1-2,11-12,17-23H2,3-5H3;1,5-10H2,2-4H3. The van der Waals surface area contributed by atoms with E-state index in [4.69, 9.17) is 0 Å². The number of nitrogens with one attached hydrogen (secondary N) is 2. The van der Waals surface area contributed by atoms with Crippen molar-refractivity contribution in [3.63, 3.8) is 0 Å². The van der Waals surface area contributed by atoms with E-state index < -0.39 is 0 Å². The van der Waals surface area contributed by atoms with Crippen molar-refractivity contribution in [1.82, 2.24) is 20.4 Å². The number of hydrogen-bond acceptors (Lipinski definition) is 4. The van der Waals surface area contributed by atoms with Gasteiger partial charge in [0.1, 0.15) is 0 Å². The maximum absolute atomic E-state index is 4.67. The minimum atomic E-state index is -0.167. The smallest absolute Gasteiger partial charge is 0.0604 e. The van der Waals surface area contributed by atoms with Crippen LogP contribution in [0.3, 0.4) is 0 Å². The van der Waals surface area contributed by atoms with Crippen LogP contribution in [0.4, 0.5) is 0 Å². The average Bonchev–Trinajstić information content (AvgIpc) is 3.33. The molecular formula is C43H66N4. The fourth-order valence-corrected chi connectivity index (χ4v) is 7.74. The van der Waals surface area contributed by atoms with Gasteiger partial charge in [-0.1, -0.05) is 116 Å². The van der Waals surface area contributed by atoms with Crippen LogP contribution >= 0.6 is 0 Å². The van der Waals surface area contributed by atoms with Gasteiger partial charge in [-0.05, 0) is 97.2 Å². The van der Waals surface area contributed by atoms with Gasteiger partial charge in [0.2, 0.25) is 0 Å². The molecule has 0 saturated carbocycles. The van der Waals surface area contributed by atoms with Crippen molar-refractivity contribution in [2.45, 2.75) is 111 Å². The molecule has 5 rings (SSSR count). The molecule has 4 nitrogen and oxygen atoms in total. The van der Waals surface area contributed by atoms with Crippen LogP contribution in [0.25, 0.3) is 11.1 Å². The van der Waals surface area contributed by atoms with Crippen LogP contribution in [0.5, 0.6) is 0 Å². The lowest BCUT2D eigenvalue weighted by Gasteiger charge is -2.37. The molecule has 0 spiro atoms. The van der Waals surface area contributed by atoms with Crippen molar-refractivity contribution in [3.8, 4) is 11.1 Å². The second kappa shape index (κ2) is 16.4. The van der Waals surface area contributed by atoms with Gasteiger partial charge in [-0.15, -0.1) is 0 Å². The molecule has 258 valence electrons. The highest BCUT2D eigenvalue weighted by molar-refractivity contribution is 5.82. The zero-order valence-electron chi connectivity index (χ0n) is 30.9. The number of nitrogens with zero attached hydrogens (tertiary/aromatic N) is 2. The average molecular weight is 639 g/mol. The van der Waals surface area contributed by atoms with E-state index >= 15 is 0 Å². The summed E-state index contributed by atoms with van der Waals surface area (Å²) in [5.41, 5.74) is 8.48. The number of fused-ring (bicyclic) bond motifs is 3. The number of benzene rings is 2. The van der Waals surface area contributed by atoms with E-state index in [0.717, 1.165) is 25.1 Å². The van der Waals surface area contributed by atoms with Crippen LogP contribution < -0.4 is 10.6 Å². The molecular weight excluding hydrogens is 573 g/mol. The van der Waals surface area contributed by atoms with Gasteiger partial charge < -0.3 is 20.4 Å². The van der Waals surface area contributed by atoms with Crippen molar-refractivity contribution in [2.24, 2.45) is 10.8 Å². The molecule has 2 aromatic rings. The lowest BCUT2D eigenvalue weighted by Crippen LogP contribution is -2.41. The fourth-order valence-electron chi connectivity index (χ4n) is 7.74. The first-order valence-electron chi connectivity index (χ1n) is 18.5. The maximum atomic E-state index is 4.67. The summed E-state index contributed by atoms with van der Waals surface area (Å²) < 4.78 is 0. The molecule has 1 aliphatic carbocycles. The molecule has 2 N–H and O–H groups in total. The molecule has 2 aliphatic heterocycles. The molecule has 4 heteroatoms. The number of unbranched alkanes of at least 4 members (excludes halogenated alkanes) is 1. The van der Waals surface area contributed by atoms with Gasteiger partial charge in [0.25, 0.3) is 0 Å². The third-order valence-electron chi connectivity index (χ3n) is 10.2. The molecule has 0 aromatic heterocycles. The number of rotatable bonds is 12. The van der Waals surface area contributed by atoms with Crippen LogP contribution in [-0.4, -0.2) is 55.1 Å². The SMILES string of the molecule is C=C(CC(C)(C)C)N1CCCCC1.C=CNC1CCN(CCCCC2(C(=C)NCC(C)(C)C)c3ccccc3-c3ccccc32)CC1. The summed E-state index contributed by atoms with van der Waals surface area (Å²) in [4.78, 5) is 5.10. The van der Waals surface area contributed by atoms with Gasteiger partial charge in [-0.3, -0.25) is 0 Å². The van der Waals surface area contributed by atoms with E-state index in [1.165, 1.54) is 106 Å². The summed E-state index contributed by atoms with van der Waals surface area (Å²) in [5.74, 6) is 0. The van der Waals surface area contributed by atoms with E-state index in [2.05, 4.69) is 130 Å². The van der Waals surface area contributed by atoms with Crippen LogP contribution in [-0.2, 0) is 5.41 Å². The third kappa shape index (κ3) is 10.0. The largest absolute Gasteiger partial charge is 0.389 e.